The van der Waals surface area contributed by atoms with Crippen molar-refractivity contribution in [1.29, 1.82) is 0 Å². The van der Waals surface area contributed by atoms with E-state index in [0.717, 1.165) is 0 Å². The molecule has 0 aliphatic carbocycles. The van der Waals surface area contributed by atoms with Gasteiger partial charge < -0.3 is 0 Å². The van der Waals surface area contributed by atoms with Crippen LogP contribution in [0.2, 0.25) is 0 Å². The predicted molar refractivity (Wildman–Crippen MR) is 27.1 cm³/mol. The standard InChI is InChI=1S/F4HNO6P2/c1-8-12(6,9-2)5-13(7,10-3)11-4/h(H,5,6,7). The zero-order chi connectivity index (χ0) is 10.5. The van der Waals surface area contributed by atoms with Gasteiger partial charge in [-0.05, 0) is 18.1 Å². The van der Waals surface area contributed by atoms with Crippen molar-refractivity contribution in [2.45, 2.75) is 0 Å². The largest absolute Gasteiger partial charge is 0.477 e. The van der Waals surface area contributed by atoms with E-state index in [2.05, 4.69) is 18.9 Å². The van der Waals surface area contributed by atoms with Crippen molar-refractivity contribution >= 4 is 15.5 Å². The van der Waals surface area contributed by atoms with Crippen molar-refractivity contribution in [3.8, 4) is 0 Å². The van der Waals surface area contributed by atoms with E-state index in [9.17, 15) is 27.2 Å². The van der Waals surface area contributed by atoms with Crippen LogP contribution in [0, 0.1) is 0 Å². The summed E-state index contributed by atoms with van der Waals surface area (Å²) in [6.07, 6.45) is 0. The quantitative estimate of drug-likeness (QED) is 0.571. The fourth-order valence-corrected chi connectivity index (χ4v) is 1.97. The van der Waals surface area contributed by atoms with Gasteiger partial charge in [-0.1, -0.05) is 18.9 Å². The van der Waals surface area contributed by atoms with Gasteiger partial charge in [-0.3, -0.25) is 0 Å². The number of halogens is 4. The highest BCUT2D eigenvalue weighted by molar-refractivity contribution is 7.67. The van der Waals surface area contributed by atoms with Gasteiger partial charge in [0.2, 0.25) is 0 Å². The Kier molecular flexibility index (Phi) is 5.00. The van der Waals surface area contributed by atoms with E-state index in [1.807, 2.05) is 0 Å². The number of nitrogens with one attached hydrogen (secondary N) is 1. The van der Waals surface area contributed by atoms with E-state index >= 15 is 0 Å². The summed E-state index contributed by atoms with van der Waals surface area (Å²) in [4.78, 5) is 0.528. The van der Waals surface area contributed by atoms with E-state index in [-0.39, 0.29) is 0 Å². The molecule has 0 aromatic heterocycles. The normalized spacial score (nSPS) is 13.2. The molecular weight excluding hydrogens is 248 g/mol. The third-order valence-electron chi connectivity index (χ3n) is 0.608. The Bertz CT molecular complexity index is 203. The van der Waals surface area contributed by atoms with Crippen molar-refractivity contribution in [2.24, 2.45) is 0 Å². The summed E-state index contributed by atoms with van der Waals surface area (Å²) in [5.41, 5.74) is 0. The Morgan fingerprint density at radius 2 is 1.00 bits per heavy atom. The first-order valence-electron chi connectivity index (χ1n) is 2.16. The molecule has 0 radical (unpaired) electrons. The van der Waals surface area contributed by atoms with Gasteiger partial charge in [-0.15, -0.1) is 4.86 Å². The zero-order valence-corrected chi connectivity index (χ0v) is 7.14. The molecule has 0 heterocycles. The predicted octanol–water partition coefficient (Wildman–Crippen LogP) is 2.40. The second-order valence-electron chi connectivity index (χ2n) is 1.37. The minimum atomic E-state index is -5.41. The van der Waals surface area contributed by atoms with Crippen LogP contribution in [0.5, 0.6) is 0 Å². The third kappa shape index (κ3) is 3.69. The van der Waals surface area contributed by atoms with Gasteiger partial charge in [-0.2, -0.15) is 0 Å². The molecule has 0 saturated carbocycles. The third-order valence-corrected chi connectivity index (χ3v) is 3.29. The first-order valence-corrected chi connectivity index (χ1v) is 5.25. The van der Waals surface area contributed by atoms with Crippen LogP contribution in [-0.4, -0.2) is 0 Å². The summed E-state index contributed by atoms with van der Waals surface area (Å²) < 4.78 is 74.4. The summed E-state index contributed by atoms with van der Waals surface area (Å²) in [5, 5.41) is 0. The molecule has 7 nitrogen and oxygen atoms in total. The molecule has 0 bridgehead atoms. The fourth-order valence-electron chi connectivity index (χ4n) is 0.233. The van der Waals surface area contributed by atoms with E-state index < -0.39 is 15.5 Å². The SMILES string of the molecule is O=P(NP(=O)(OF)OF)(OF)OF. The molecule has 0 unspecified atom stereocenters. The first kappa shape index (κ1) is 13.0. The van der Waals surface area contributed by atoms with Gasteiger partial charge in [-0.25, -0.2) is 9.13 Å². The smallest absolute Gasteiger partial charge is 0.235 e. The molecule has 0 aliphatic rings. The summed E-state index contributed by atoms with van der Waals surface area (Å²) in [6.45, 7) is 0. The molecule has 0 amide bonds. The van der Waals surface area contributed by atoms with Gasteiger partial charge in [0.1, 0.15) is 0 Å². The molecular formula is HF4NO6P2. The van der Waals surface area contributed by atoms with Gasteiger partial charge in [0.25, 0.3) is 0 Å². The Hall–Kier alpha value is -0.0200. The topological polar surface area (TPSA) is 83.1 Å². The van der Waals surface area contributed by atoms with Crippen LogP contribution >= 0.6 is 15.5 Å². The van der Waals surface area contributed by atoms with E-state index in [0.29, 0.717) is 4.86 Å². The average molecular weight is 249 g/mol. The molecule has 0 aromatic rings. The molecule has 1 N–H and O–H groups in total. The Morgan fingerprint density at radius 1 is 0.769 bits per heavy atom. The van der Waals surface area contributed by atoms with Crippen LogP contribution in [0.3, 0.4) is 0 Å². The van der Waals surface area contributed by atoms with Crippen molar-refractivity contribution < 1.29 is 46.1 Å². The molecule has 0 saturated heterocycles. The van der Waals surface area contributed by atoms with Gasteiger partial charge in [0, 0.05) is 0 Å². The van der Waals surface area contributed by atoms with Crippen LogP contribution in [0.15, 0.2) is 0 Å². The maximum atomic E-state index is 11.2. The maximum Gasteiger partial charge on any atom is 0.477 e. The van der Waals surface area contributed by atoms with Crippen LogP contribution in [-0.2, 0) is 28.0 Å². The monoisotopic (exact) mass is 249 g/mol. The summed E-state index contributed by atoms with van der Waals surface area (Å²) >= 11 is 0. The van der Waals surface area contributed by atoms with E-state index in [4.69, 9.17) is 0 Å². The highest BCUT2D eigenvalue weighted by atomic mass is 31.3. The summed E-state index contributed by atoms with van der Waals surface area (Å²) in [6, 6.07) is 0. The number of hydrogen-bond acceptors (Lipinski definition) is 6. The molecule has 0 spiro atoms. The lowest BCUT2D eigenvalue weighted by molar-refractivity contribution is -0.103. The molecule has 0 fully saturated rings. The maximum absolute atomic E-state index is 11.2. The lowest BCUT2D eigenvalue weighted by atomic mass is 13.9. The number of rotatable bonds is 6. The van der Waals surface area contributed by atoms with Gasteiger partial charge in [0.15, 0.2) is 0 Å². The second kappa shape index (κ2) is 5.01. The average Bonchev–Trinajstić information content (AvgIpc) is 2.17. The molecule has 13 heavy (non-hydrogen) atoms. The molecule has 0 rings (SSSR count). The van der Waals surface area contributed by atoms with Gasteiger partial charge in [0.05, 0.1) is 0 Å². The van der Waals surface area contributed by atoms with Crippen molar-refractivity contribution in [2.75, 3.05) is 0 Å². The second-order valence-corrected chi connectivity index (χ2v) is 4.71. The van der Waals surface area contributed by atoms with E-state index in [1.54, 1.807) is 0 Å². The summed E-state index contributed by atoms with van der Waals surface area (Å²) in [5.74, 6) is 0. The lowest BCUT2D eigenvalue weighted by Gasteiger charge is -2.10. The van der Waals surface area contributed by atoms with Crippen molar-refractivity contribution in [3.05, 3.63) is 0 Å². The highest BCUT2D eigenvalue weighted by Crippen LogP contribution is 2.58. The fraction of sp³-hybridized carbons (Fsp3) is 0. The Balaban J connectivity index is 4.57. The zero-order valence-electron chi connectivity index (χ0n) is 5.36. The van der Waals surface area contributed by atoms with Crippen LogP contribution in [0.4, 0.5) is 18.1 Å². The molecule has 13 heteroatoms. The minimum absolute atomic E-state index is 0.528. The molecule has 0 atom stereocenters. The first-order chi connectivity index (χ1) is 5.95. The lowest BCUT2D eigenvalue weighted by Crippen LogP contribution is -2.08. The van der Waals surface area contributed by atoms with E-state index in [1.165, 1.54) is 0 Å². The number of hydrogen-bond donors (Lipinski definition) is 1. The Labute approximate surface area is 67.7 Å². The van der Waals surface area contributed by atoms with Crippen molar-refractivity contribution in [3.63, 3.8) is 0 Å². The summed E-state index contributed by atoms with van der Waals surface area (Å²) in [7, 11) is -10.8. The van der Waals surface area contributed by atoms with Crippen LogP contribution in [0.25, 0.3) is 0 Å². The molecule has 0 aromatic carbocycles. The molecule has 80 valence electrons. The van der Waals surface area contributed by atoms with Crippen LogP contribution in [0.1, 0.15) is 0 Å². The van der Waals surface area contributed by atoms with Crippen molar-refractivity contribution in [1.82, 2.24) is 4.86 Å². The minimum Gasteiger partial charge on any atom is -0.235 e. The van der Waals surface area contributed by atoms with Crippen LogP contribution < -0.4 is 4.86 Å². The Morgan fingerprint density at radius 3 is 1.15 bits per heavy atom. The highest BCUT2D eigenvalue weighted by Gasteiger charge is 2.42. The van der Waals surface area contributed by atoms with Gasteiger partial charge >= 0.3 is 15.5 Å². The molecule has 0 aliphatic heterocycles.